The normalized spacial score (nSPS) is 13.2. The average Bonchev–Trinajstić information content (AvgIpc) is 3.03. The highest BCUT2D eigenvalue weighted by atomic mass is 32.2. The van der Waals surface area contributed by atoms with Crippen LogP contribution in [0.15, 0.2) is 40.0 Å². The van der Waals surface area contributed by atoms with Crippen LogP contribution in [0.5, 0.6) is 0 Å². The van der Waals surface area contributed by atoms with Crippen molar-refractivity contribution in [1.29, 1.82) is 0 Å². The Morgan fingerprint density at radius 2 is 1.60 bits per heavy atom. The van der Waals surface area contributed by atoms with Crippen molar-refractivity contribution in [3.05, 3.63) is 47.2 Å². The minimum absolute atomic E-state index is 0.0328. The van der Waals surface area contributed by atoms with Gasteiger partial charge in [-0.25, -0.2) is 9.52 Å². The zero-order valence-corrected chi connectivity index (χ0v) is 16.0. The Hall–Kier alpha value is -2.74. The number of sulfonamides is 1. The molecule has 1 heterocycles. The van der Waals surface area contributed by atoms with E-state index in [1.54, 1.807) is 5.32 Å². The highest BCUT2D eigenvalue weighted by molar-refractivity contribution is 7.89. The van der Waals surface area contributed by atoms with Crippen molar-refractivity contribution >= 4 is 21.7 Å². The fraction of sp³-hybridized carbons (Fsp3) is 0.312. The first-order chi connectivity index (χ1) is 13.4. The minimum atomic E-state index is -5.27. The second-order valence-corrected chi connectivity index (χ2v) is 8.14. The molecule has 2 rings (SSSR count). The van der Waals surface area contributed by atoms with Gasteiger partial charge in [0.1, 0.15) is 0 Å². The third kappa shape index (κ3) is 5.44. The molecule has 0 radical (unpaired) electrons. The molecule has 0 saturated carbocycles. The van der Waals surface area contributed by atoms with Gasteiger partial charge in [-0.1, -0.05) is 0 Å². The van der Waals surface area contributed by atoms with Crippen LogP contribution in [0.2, 0.25) is 0 Å². The van der Waals surface area contributed by atoms with Gasteiger partial charge in [0, 0.05) is 11.6 Å². The molecule has 0 spiro atoms. The first-order valence-corrected chi connectivity index (χ1v) is 9.33. The van der Waals surface area contributed by atoms with E-state index in [9.17, 15) is 44.7 Å². The van der Waals surface area contributed by atoms with E-state index >= 15 is 0 Å². The summed E-state index contributed by atoms with van der Waals surface area (Å²) in [6.45, 7) is 2.63. The molecular weight excluding hydrogens is 446 g/mol. The molecule has 14 heteroatoms. The Morgan fingerprint density at radius 1 is 1.00 bits per heavy atom. The summed E-state index contributed by atoms with van der Waals surface area (Å²) in [6, 6.07) is -0.374. The molecular formula is C16H14F6N2O5S. The average molecular weight is 460 g/mol. The molecule has 7 nitrogen and oxygen atoms in total. The molecule has 166 valence electrons. The summed E-state index contributed by atoms with van der Waals surface area (Å²) in [5.41, 5.74) is -5.98. The van der Waals surface area contributed by atoms with Crippen molar-refractivity contribution in [3.8, 4) is 0 Å². The number of amides is 2. The number of anilines is 1. The Kier molecular flexibility index (Phi) is 5.89. The van der Waals surface area contributed by atoms with Gasteiger partial charge in [0.25, 0.3) is 10.0 Å². The van der Waals surface area contributed by atoms with E-state index < -0.39 is 55.9 Å². The highest BCUT2D eigenvalue weighted by Gasteiger charge is 2.38. The zero-order chi connectivity index (χ0) is 23.1. The summed E-state index contributed by atoms with van der Waals surface area (Å²) in [4.78, 5) is 11.9. The Labute approximate surface area is 165 Å². The van der Waals surface area contributed by atoms with Crippen LogP contribution in [0.1, 0.15) is 30.5 Å². The van der Waals surface area contributed by atoms with E-state index in [-0.39, 0.29) is 11.6 Å². The van der Waals surface area contributed by atoms with Crippen LogP contribution >= 0.6 is 0 Å². The summed E-state index contributed by atoms with van der Waals surface area (Å²) in [7, 11) is -4.70. The summed E-state index contributed by atoms with van der Waals surface area (Å²) in [5.74, 6) is 0. The van der Waals surface area contributed by atoms with E-state index in [2.05, 4.69) is 0 Å². The van der Waals surface area contributed by atoms with Crippen molar-refractivity contribution in [3.63, 3.8) is 0 Å². The van der Waals surface area contributed by atoms with Crippen LogP contribution in [0, 0.1) is 0 Å². The molecule has 1 aromatic heterocycles. The SMILES string of the molecule is CC(C)(O)c1coc(S(=O)(=O)NC(=O)Nc2ccc(C(F)(F)F)cc2C(F)(F)F)c1. The number of urea groups is 1. The lowest BCUT2D eigenvalue weighted by Crippen LogP contribution is -2.34. The fourth-order valence-corrected chi connectivity index (χ4v) is 3.02. The van der Waals surface area contributed by atoms with E-state index in [0.29, 0.717) is 12.1 Å². The van der Waals surface area contributed by atoms with Gasteiger partial charge < -0.3 is 14.8 Å². The second kappa shape index (κ2) is 7.50. The predicted octanol–water partition coefficient (Wildman–Crippen LogP) is 4.06. The number of furan rings is 1. The van der Waals surface area contributed by atoms with Gasteiger partial charge in [-0.3, -0.25) is 0 Å². The number of benzene rings is 1. The van der Waals surface area contributed by atoms with Gasteiger partial charge in [-0.2, -0.15) is 34.8 Å². The van der Waals surface area contributed by atoms with Crippen molar-refractivity contribution in [2.24, 2.45) is 0 Å². The monoisotopic (exact) mass is 460 g/mol. The number of carbonyl (C=O) groups is 1. The van der Waals surface area contributed by atoms with Crippen molar-refractivity contribution in [2.75, 3.05) is 5.32 Å². The number of nitrogens with one attached hydrogen (secondary N) is 2. The van der Waals surface area contributed by atoms with Gasteiger partial charge in [-0.15, -0.1) is 0 Å². The standard InChI is InChI=1S/C16H14F6N2O5S/c1-14(2,26)9-6-12(29-7-9)30(27,28)24-13(25)23-11-4-3-8(15(17,18)19)5-10(11)16(20,21)22/h3-7,26H,1-2H3,(H2,23,24,25). The lowest BCUT2D eigenvalue weighted by Gasteiger charge is -2.16. The Morgan fingerprint density at radius 3 is 2.07 bits per heavy atom. The Bertz CT molecular complexity index is 1050. The molecule has 0 atom stereocenters. The number of hydrogen-bond donors (Lipinski definition) is 3. The predicted molar refractivity (Wildman–Crippen MR) is 89.7 cm³/mol. The maximum absolute atomic E-state index is 13.1. The third-order valence-corrected chi connectivity index (χ3v) is 4.87. The lowest BCUT2D eigenvalue weighted by molar-refractivity contribution is -0.142. The summed E-state index contributed by atoms with van der Waals surface area (Å²) < 4.78 is 108. The van der Waals surface area contributed by atoms with Gasteiger partial charge >= 0.3 is 18.4 Å². The van der Waals surface area contributed by atoms with E-state index in [0.717, 1.165) is 12.3 Å². The van der Waals surface area contributed by atoms with Crippen LogP contribution in [-0.4, -0.2) is 19.6 Å². The zero-order valence-electron chi connectivity index (χ0n) is 15.1. The van der Waals surface area contributed by atoms with Crippen molar-refractivity contribution in [2.45, 2.75) is 36.9 Å². The van der Waals surface area contributed by atoms with Crippen LogP contribution < -0.4 is 10.0 Å². The smallest absolute Gasteiger partial charge is 0.418 e. The number of carbonyl (C=O) groups excluding carboxylic acids is 1. The van der Waals surface area contributed by atoms with E-state index in [1.165, 1.54) is 18.6 Å². The first-order valence-electron chi connectivity index (χ1n) is 7.85. The maximum Gasteiger partial charge on any atom is 0.418 e. The fourth-order valence-electron chi connectivity index (χ4n) is 2.16. The number of aliphatic hydroxyl groups is 1. The molecule has 0 aliphatic rings. The molecule has 0 unspecified atom stereocenters. The van der Waals surface area contributed by atoms with Crippen LogP contribution in [-0.2, 0) is 28.0 Å². The second-order valence-electron chi connectivity index (χ2n) is 6.53. The summed E-state index contributed by atoms with van der Waals surface area (Å²) in [5, 5.41) is 10.5. The van der Waals surface area contributed by atoms with Gasteiger partial charge in [0.05, 0.1) is 28.7 Å². The van der Waals surface area contributed by atoms with E-state index in [4.69, 9.17) is 4.42 Å². The lowest BCUT2D eigenvalue weighted by atomic mass is 10.0. The number of alkyl halides is 6. The molecule has 0 fully saturated rings. The quantitative estimate of drug-likeness (QED) is 0.597. The molecule has 0 aliphatic carbocycles. The molecule has 0 saturated heterocycles. The molecule has 1 aromatic carbocycles. The number of rotatable bonds is 4. The number of halogens is 6. The topological polar surface area (TPSA) is 109 Å². The summed E-state index contributed by atoms with van der Waals surface area (Å²) in [6.07, 6.45) is -9.45. The molecule has 30 heavy (non-hydrogen) atoms. The van der Waals surface area contributed by atoms with Crippen LogP contribution in [0.3, 0.4) is 0 Å². The first kappa shape index (κ1) is 23.5. The summed E-state index contributed by atoms with van der Waals surface area (Å²) >= 11 is 0. The van der Waals surface area contributed by atoms with Gasteiger partial charge in [0.15, 0.2) is 0 Å². The molecule has 3 N–H and O–H groups in total. The number of hydrogen-bond acceptors (Lipinski definition) is 5. The third-order valence-electron chi connectivity index (χ3n) is 3.67. The Balaban J connectivity index is 2.28. The molecule has 0 bridgehead atoms. The van der Waals surface area contributed by atoms with Gasteiger partial charge in [0.2, 0.25) is 5.09 Å². The van der Waals surface area contributed by atoms with Crippen molar-refractivity contribution in [1.82, 2.24) is 4.72 Å². The van der Waals surface area contributed by atoms with Gasteiger partial charge in [-0.05, 0) is 32.0 Å². The van der Waals surface area contributed by atoms with Crippen LogP contribution in [0.4, 0.5) is 36.8 Å². The van der Waals surface area contributed by atoms with Crippen LogP contribution in [0.25, 0.3) is 0 Å². The highest BCUT2D eigenvalue weighted by Crippen LogP contribution is 2.39. The maximum atomic E-state index is 13.1. The molecule has 0 aliphatic heterocycles. The van der Waals surface area contributed by atoms with E-state index in [1.807, 2.05) is 0 Å². The molecule has 2 aromatic rings. The molecule has 2 amide bonds. The van der Waals surface area contributed by atoms with Crippen molar-refractivity contribution < 1.29 is 49.1 Å². The largest absolute Gasteiger partial charge is 0.451 e. The minimum Gasteiger partial charge on any atom is -0.451 e.